The van der Waals surface area contributed by atoms with Crippen LogP contribution in [0.5, 0.6) is 0 Å². The first kappa shape index (κ1) is 9.44. The van der Waals surface area contributed by atoms with Crippen LogP contribution in [0.15, 0.2) is 27.9 Å². The molecule has 0 saturated heterocycles. The van der Waals surface area contributed by atoms with Crippen LogP contribution in [0.4, 0.5) is 0 Å². The van der Waals surface area contributed by atoms with Crippen molar-refractivity contribution >= 4 is 17.8 Å². The SMILES string of the molecule is CC=N/C(C)=C(Cl)\C=C\C. The average molecular weight is 158 g/mol. The quantitative estimate of drug-likeness (QED) is 0.432. The monoisotopic (exact) mass is 157 g/mol. The molecular weight excluding hydrogens is 146 g/mol. The van der Waals surface area contributed by atoms with Gasteiger partial charge in [0.25, 0.3) is 0 Å². The Morgan fingerprint density at radius 1 is 1.40 bits per heavy atom. The van der Waals surface area contributed by atoms with E-state index in [1.165, 1.54) is 0 Å². The van der Waals surface area contributed by atoms with Gasteiger partial charge in [-0.15, -0.1) is 0 Å². The molecule has 0 fully saturated rings. The van der Waals surface area contributed by atoms with Gasteiger partial charge < -0.3 is 0 Å². The van der Waals surface area contributed by atoms with Crippen molar-refractivity contribution in [3.8, 4) is 0 Å². The second-order valence-electron chi connectivity index (χ2n) is 1.82. The molecule has 0 aliphatic heterocycles. The van der Waals surface area contributed by atoms with Crippen molar-refractivity contribution in [1.29, 1.82) is 0 Å². The van der Waals surface area contributed by atoms with Crippen LogP contribution in [0.3, 0.4) is 0 Å². The van der Waals surface area contributed by atoms with Gasteiger partial charge in [0.05, 0.1) is 10.7 Å². The number of aliphatic imine (C=N–C) groups is 1. The van der Waals surface area contributed by atoms with E-state index >= 15 is 0 Å². The number of halogens is 1. The van der Waals surface area contributed by atoms with E-state index in [0.29, 0.717) is 5.03 Å². The zero-order chi connectivity index (χ0) is 7.98. The summed E-state index contributed by atoms with van der Waals surface area (Å²) in [4.78, 5) is 4.01. The van der Waals surface area contributed by atoms with Crippen molar-refractivity contribution < 1.29 is 0 Å². The zero-order valence-electron chi connectivity index (χ0n) is 6.56. The van der Waals surface area contributed by atoms with Crippen molar-refractivity contribution in [3.63, 3.8) is 0 Å². The van der Waals surface area contributed by atoms with Crippen LogP contribution in [-0.4, -0.2) is 6.21 Å². The highest BCUT2D eigenvalue weighted by atomic mass is 35.5. The summed E-state index contributed by atoms with van der Waals surface area (Å²) in [6.07, 6.45) is 5.43. The largest absolute Gasteiger partial charge is 0.265 e. The van der Waals surface area contributed by atoms with E-state index in [-0.39, 0.29) is 0 Å². The van der Waals surface area contributed by atoms with Gasteiger partial charge in [-0.3, -0.25) is 4.99 Å². The number of rotatable bonds is 2. The molecule has 0 heterocycles. The summed E-state index contributed by atoms with van der Waals surface area (Å²) < 4.78 is 0. The van der Waals surface area contributed by atoms with Gasteiger partial charge in [-0.05, 0) is 26.8 Å². The maximum Gasteiger partial charge on any atom is 0.0614 e. The summed E-state index contributed by atoms with van der Waals surface area (Å²) in [5.41, 5.74) is 0.849. The molecule has 0 aromatic carbocycles. The molecule has 0 aromatic heterocycles. The molecule has 0 N–H and O–H groups in total. The molecule has 0 atom stereocenters. The summed E-state index contributed by atoms with van der Waals surface area (Å²) >= 11 is 5.79. The summed E-state index contributed by atoms with van der Waals surface area (Å²) in [5, 5.41) is 0.695. The predicted octanol–water partition coefficient (Wildman–Crippen LogP) is 3.12. The first-order valence-electron chi connectivity index (χ1n) is 3.20. The molecule has 0 spiro atoms. The maximum atomic E-state index is 5.79. The van der Waals surface area contributed by atoms with E-state index in [4.69, 9.17) is 11.6 Å². The molecule has 0 aliphatic rings. The van der Waals surface area contributed by atoms with Crippen molar-refractivity contribution in [2.45, 2.75) is 20.8 Å². The summed E-state index contributed by atoms with van der Waals surface area (Å²) in [5.74, 6) is 0. The molecule has 1 nitrogen and oxygen atoms in total. The predicted molar refractivity (Wildman–Crippen MR) is 47.5 cm³/mol. The molecule has 0 saturated carbocycles. The Morgan fingerprint density at radius 3 is 2.40 bits per heavy atom. The molecule has 0 aromatic rings. The number of allylic oxidation sites excluding steroid dienone is 4. The third kappa shape index (κ3) is 3.46. The highest BCUT2D eigenvalue weighted by Crippen LogP contribution is 2.10. The molecular formula is C8H12ClN. The topological polar surface area (TPSA) is 12.4 Å². The highest BCUT2D eigenvalue weighted by molar-refractivity contribution is 6.31. The van der Waals surface area contributed by atoms with Gasteiger partial charge in [0.15, 0.2) is 0 Å². The van der Waals surface area contributed by atoms with Crippen LogP contribution in [0.25, 0.3) is 0 Å². The minimum atomic E-state index is 0.695. The van der Waals surface area contributed by atoms with Gasteiger partial charge in [-0.1, -0.05) is 17.7 Å². The summed E-state index contributed by atoms with van der Waals surface area (Å²) in [7, 11) is 0. The Hall–Kier alpha value is -0.560. The molecule has 2 heteroatoms. The third-order valence-corrected chi connectivity index (χ3v) is 1.38. The molecule has 56 valence electrons. The summed E-state index contributed by atoms with van der Waals surface area (Å²) in [6, 6.07) is 0. The second-order valence-corrected chi connectivity index (χ2v) is 2.23. The molecule has 0 bridgehead atoms. The fraction of sp³-hybridized carbons (Fsp3) is 0.375. The lowest BCUT2D eigenvalue weighted by molar-refractivity contribution is 1.30. The Balaban J connectivity index is 4.33. The Bertz CT molecular complexity index is 158. The molecule has 0 aliphatic carbocycles. The van der Waals surface area contributed by atoms with Crippen molar-refractivity contribution in [3.05, 3.63) is 22.9 Å². The van der Waals surface area contributed by atoms with Gasteiger partial charge in [0, 0.05) is 6.21 Å². The minimum Gasteiger partial charge on any atom is -0.265 e. The first-order valence-corrected chi connectivity index (χ1v) is 3.58. The molecule has 0 radical (unpaired) electrons. The van der Waals surface area contributed by atoms with E-state index in [1.54, 1.807) is 6.21 Å². The molecule has 10 heavy (non-hydrogen) atoms. The van der Waals surface area contributed by atoms with Gasteiger partial charge in [0.2, 0.25) is 0 Å². The van der Waals surface area contributed by atoms with E-state index in [1.807, 2.05) is 32.9 Å². The maximum absolute atomic E-state index is 5.79. The van der Waals surface area contributed by atoms with E-state index in [2.05, 4.69) is 4.99 Å². The van der Waals surface area contributed by atoms with Gasteiger partial charge in [-0.25, -0.2) is 0 Å². The fourth-order valence-corrected chi connectivity index (χ4v) is 0.697. The van der Waals surface area contributed by atoms with Gasteiger partial charge in [-0.2, -0.15) is 0 Å². The van der Waals surface area contributed by atoms with Crippen LogP contribution < -0.4 is 0 Å². The summed E-state index contributed by atoms with van der Waals surface area (Å²) in [6.45, 7) is 5.66. The first-order chi connectivity index (χ1) is 4.72. The lowest BCUT2D eigenvalue weighted by Crippen LogP contribution is -1.73. The molecule has 0 amide bonds. The molecule has 0 unspecified atom stereocenters. The normalized spacial score (nSPS) is 14.8. The van der Waals surface area contributed by atoms with Crippen LogP contribution in [0.2, 0.25) is 0 Å². The van der Waals surface area contributed by atoms with Crippen LogP contribution in [0, 0.1) is 0 Å². The number of hydrogen-bond donors (Lipinski definition) is 0. The number of nitrogens with zero attached hydrogens (tertiary/aromatic N) is 1. The Labute approximate surface area is 67.1 Å². The minimum absolute atomic E-state index is 0.695. The standard InChI is InChI=1S/C8H12ClN/c1-4-6-8(9)7(3)10-5-2/h4-6H,1-3H3/b6-4+,8-7+,10-5?. The number of hydrogen-bond acceptors (Lipinski definition) is 1. The molecule has 0 rings (SSSR count). The lowest BCUT2D eigenvalue weighted by atomic mass is 10.4. The highest BCUT2D eigenvalue weighted by Gasteiger charge is 1.89. The Kier molecular flexibility index (Phi) is 4.95. The van der Waals surface area contributed by atoms with E-state index < -0.39 is 0 Å². The average Bonchev–Trinajstić information content (AvgIpc) is 1.89. The third-order valence-electron chi connectivity index (χ3n) is 0.981. The van der Waals surface area contributed by atoms with Crippen molar-refractivity contribution in [2.24, 2.45) is 4.99 Å². The van der Waals surface area contributed by atoms with Crippen LogP contribution in [0.1, 0.15) is 20.8 Å². The van der Waals surface area contributed by atoms with Gasteiger partial charge in [0.1, 0.15) is 0 Å². The van der Waals surface area contributed by atoms with Gasteiger partial charge >= 0.3 is 0 Å². The fourth-order valence-electron chi connectivity index (χ4n) is 0.522. The van der Waals surface area contributed by atoms with E-state index in [0.717, 1.165) is 5.70 Å². The van der Waals surface area contributed by atoms with Crippen LogP contribution in [-0.2, 0) is 0 Å². The Morgan fingerprint density at radius 2 is 2.00 bits per heavy atom. The van der Waals surface area contributed by atoms with Crippen molar-refractivity contribution in [2.75, 3.05) is 0 Å². The van der Waals surface area contributed by atoms with Crippen molar-refractivity contribution in [1.82, 2.24) is 0 Å². The van der Waals surface area contributed by atoms with Crippen LogP contribution >= 0.6 is 11.6 Å². The second kappa shape index (κ2) is 5.24. The smallest absolute Gasteiger partial charge is 0.0614 e. The van der Waals surface area contributed by atoms with E-state index in [9.17, 15) is 0 Å². The zero-order valence-corrected chi connectivity index (χ0v) is 7.31. The lowest BCUT2D eigenvalue weighted by Gasteiger charge is -1.91.